The van der Waals surface area contributed by atoms with Gasteiger partial charge in [-0.2, -0.15) is 0 Å². The van der Waals surface area contributed by atoms with E-state index in [1.54, 1.807) is 18.2 Å². The molecule has 0 spiro atoms. The first-order chi connectivity index (χ1) is 9.06. The van der Waals surface area contributed by atoms with E-state index in [9.17, 15) is 5.11 Å². The molecule has 2 N–H and O–H groups in total. The maximum Gasteiger partial charge on any atom is 0.120 e. The van der Waals surface area contributed by atoms with Gasteiger partial charge in [0.2, 0.25) is 0 Å². The Morgan fingerprint density at radius 2 is 1.89 bits per heavy atom. The summed E-state index contributed by atoms with van der Waals surface area (Å²) in [6.45, 7) is 2.66. The molecule has 2 nitrogen and oxygen atoms in total. The number of hydrogen-bond acceptors (Lipinski definition) is 2. The maximum absolute atomic E-state index is 9.75. The third kappa shape index (κ3) is 3.96. The summed E-state index contributed by atoms with van der Waals surface area (Å²) in [6, 6.07) is 13.4. The average molecular weight is 341 g/mol. The highest BCUT2D eigenvalue weighted by Crippen LogP contribution is 2.23. The Balaban J connectivity index is 2.02. The van der Waals surface area contributed by atoms with Crippen molar-refractivity contribution >= 4 is 27.5 Å². The predicted molar refractivity (Wildman–Crippen MR) is 82.5 cm³/mol. The highest BCUT2D eigenvalue weighted by atomic mass is 79.9. The van der Waals surface area contributed by atoms with Crippen LogP contribution >= 0.6 is 27.5 Å². The highest BCUT2D eigenvalue weighted by Gasteiger charge is 2.07. The molecule has 0 aliphatic rings. The van der Waals surface area contributed by atoms with Gasteiger partial charge in [0.1, 0.15) is 5.75 Å². The number of nitrogens with one attached hydrogen (secondary N) is 1. The normalized spacial score (nSPS) is 12.4. The number of hydrogen-bond donors (Lipinski definition) is 2. The Hall–Kier alpha value is -1.03. The number of aromatic hydroxyl groups is 1. The van der Waals surface area contributed by atoms with Crippen molar-refractivity contribution in [2.24, 2.45) is 0 Å². The van der Waals surface area contributed by atoms with E-state index in [1.807, 2.05) is 12.1 Å². The monoisotopic (exact) mass is 339 g/mol. The second-order valence-corrected chi connectivity index (χ2v) is 5.78. The van der Waals surface area contributed by atoms with E-state index >= 15 is 0 Å². The summed E-state index contributed by atoms with van der Waals surface area (Å²) in [5.74, 6) is 0.264. The van der Waals surface area contributed by atoms with Crippen LogP contribution in [0.2, 0.25) is 5.02 Å². The SMILES string of the molecule is C[C@H](NCc1cc(Cl)ccc1O)c1ccc(Br)cc1. The summed E-state index contributed by atoms with van der Waals surface area (Å²) in [4.78, 5) is 0. The summed E-state index contributed by atoms with van der Waals surface area (Å²) in [7, 11) is 0. The van der Waals surface area contributed by atoms with Crippen LogP contribution in [0.3, 0.4) is 0 Å². The summed E-state index contributed by atoms with van der Waals surface area (Å²) >= 11 is 9.34. The van der Waals surface area contributed by atoms with Crippen LogP contribution in [0, 0.1) is 0 Å². The zero-order valence-corrected chi connectivity index (χ0v) is 12.9. The number of rotatable bonds is 4. The van der Waals surface area contributed by atoms with Gasteiger partial charge in [0.05, 0.1) is 0 Å². The van der Waals surface area contributed by atoms with Crippen LogP contribution in [-0.4, -0.2) is 5.11 Å². The van der Waals surface area contributed by atoms with Gasteiger partial charge in [0.25, 0.3) is 0 Å². The smallest absolute Gasteiger partial charge is 0.120 e. The van der Waals surface area contributed by atoms with E-state index in [4.69, 9.17) is 11.6 Å². The fourth-order valence-corrected chi connectivity index (χ4v) is 2.29. The van der Waals surface area contributed by atoms with Gasteiger partial charge < -0.3 is 10.4 Å². The van der Waals surface area contributed by atoms with Crippen molar-refractivity contribution in [3.8, 4) is 5.75 Å². The summed E-state index contributed by atoms with van der Waals surface area (Å²) < 4.78 is 1.07. The zero-order valence-electron chi connectivity index (χ0n) is 10.5. The predicted octanol–water partition coefficient (Wildman–Crippen LogP) is 4.66. The van der Waals surface area contributed by atoms with Crippen molar-refractivity contribution in [2.45, 2.75) is 19.5 Å². The average Bonchev–Trinajstić information content (AvgIpc) is 2.40. The molecule has 0 unspecified atom stereocenters. The molecule has 0 aliphatic heterocycles. The molecular formula is C15H15BrClNO. The lowest BCUT2D eigenvalue weighted by Gasteiger charge is -2.15. The molecule has 100 valence electrons. The van der Waals surface area contributed by atoms with E-state index in [2.05, 4.69) is 40.3 Å². The van der Waals surface area contributed by atoms with E-state index in [0.717, 1.165) is 10.0 Å². The minimum atomic E-state index is 0.200. The first kappa shape index (κ1) is 14.4. The first-order valence-electron chi connectivity index (χ1n) is 6.02. The molecule has 0 aromatic heterocycles. The van der Waals surface area contributed by atoms with Crippen LogP contribution in [0.1, 0.15) is 24.1 Å². The number of phenolic OH excluding ortho intramolecular Hbond substituents is 1. The molecule has 1 atom stereocenters. The molecule has 0 saturated carbocycles. The van der Waals surface area contributed by atoms with Gasteiger partial charge in [0.15, 0.2) is 0 Å². The molecule has 19 heavy (non-hydrogen) atoms. The van der Waals surface area contributed by atoms with Crippen LogP contribution in [0.25, 0.3) is 0 Å². The molecule has 0 bridgehead atoms. The molecule has 0 fully saturated rings. The molecule has 4 heteroatoms. The lowest BCUT2D eigenvalue weighted by atomic mass is 10.1. The van der Waals surface area contributed by atoms with Crippen molar-refractivity contribution in [3.05, 3.63) is 63.1 Å². The van der Waals surface area contributed by atoms with Gasteiger partial charge in [-0.1, -0.05) is 39.7 Å². The molecule has 0 saturated heterocycles. The van der Waals surface area contributed by atoms with Gasteiger partial charge in [-0.05, 0) is 42.8 Å². The fraction of sp³-hybridized carbons (Fsp3) is 0.200. The molecule has 0 heterocycles. The van der Waals surface area contributed by atoms with E-state index < -0.39 is 0 Å². The second-order valence-electron chi connectivity index (χ2n) is 4.43. The lowest BCUT2D eigenvalue weighted by Crippen LogP contribution is -2.18. The first-order valence-corrected chi connectivity index (χ1v) is 7.19. The molecule has 0 amide bonds. The summed E-state index contributed by atoms with van der Waals surface area (Å²) in [6.07, 6.45) is 0. The van der Waals surface area contributed by atoms with Crippen molar-refractivity contribution < 1.29 is 5.11 Å². The van der Waals surface area contributed by atoms with E-state index in [1.165, 1.54) is 5.56 Å². The van der Waals surface area contributed by atoms with E-state index in [0.29, 0.717) is 11.6 Å². The molecule has 2 aromatic carbocycles. The van der Waals surface area contributed by atoms with Gasteiger partial charge in [-0.25, -0.2) is 0 Å². The minimum Gasteiger partial charge on any atom is -0.508 e. The van der Waals surface area contributed by atoms with Crippen LogP contribution in [0.4, 0.5) is 0 Å². The third-order valence-electron chi connectivity index (χ3n) is 3.01. The van der Waals surface area contributed by atoms with Crippen LogP contribution in [-0.2, 0) is 6.54 Å². The maximum atomic E-state index is 9.75. The molecular weight excluding hydrogens is 326 g/mol. The standard InChI is InChI=1S/C15H15BrClNO/c1-10(11-2-4-13(16)5-3-11)18-9-12-8-14(17)6-7-15(12)19/h2-8,10,18-19H,9H2,1H3/t10-/m0/s1. The Morgan fingerprint density at radius 1 is 1.21 bits per heavy atom. The van der Waals surface area contributed by atoms with Gasteiger partial charge in [-0.15, -0.1) is 0 Å². The van der Waals surface area contributed by atoms with Crippen molar-refractivity contribution in [3.63, 3.8) is 0 Å². The Kier molecular flexibility index (Phi) is 4.86. The van der Waals surface area contributed by atoms with Crippen LogP contribution in [0.5, 0.6) is 5.75 Å². The second kappa shape index (κ2) is 6.42. The van der Waals surface area contributed by atoms with Gasteiger partial charge in [0, 0.05) is 27.6 Å². The molecule has 0 aliphatic carbocycles. The Bertz CT molecular complexity index is 557. The minimum absolute atomic E-state index is 0.200. The third-order valence-corrected chi connectivity index (χ3v) is 3.77. The Morgan fingerprint density at radius 3 is 2.58 bits per heavy atom. The van der Waals surface area contributed by atoms with Crippen LogP contribution in [0.15, 0.2) is 46.9 Å². The van der Waals surface area contributed by atoms with Crippen LogP contribution < -0.4 is 5.32 Å². The highest BCUT2D eigenvalue weighted by molar-refractivity contribution is 9.10. The summed E-state index contributed by atoms with van der Waals surface area (Å²) in [5.41, 5.74) is 2.00. The van der Waals surface area contributed by atoms with Crippen molar-refractivity contribution in [1.82, 2.24) is 5.32 Å². The fourth-order valence-electron chi connectivity index (χ4n) is 1.83. The summed E-state index contributed by atoms with van der Waals surface area (Å²) in [5, 5.41) is 13.7. The lowest BCUT2D eigenvalue weighted by molar-refractivity contribution is 0.460. The Labute approximate surface area is 126 Å². The zero-order chi connectivity index (χ0) is 13.8. The number of benzene rings is 2. The van der Waals surface area contributed by atoms with E-state index in [-0.39, 0.29) is 11.8 Å². The molecule has 0 radical (unpaired) electrons. The van der Waals surface area contributed by atoms with Crippen molar-refractivity contribution in [2.75, 3.05) is 0 Å². The number of phenols is 1. The van der Waals surface area contributed by atoms with Gasteiger partial charge in [-0.3, -0.25) is 0 Å². The molecule has 2 rings (SSSR count). The van der Waals surface area contributed by atoms with Crippen molar-refractivity contribution in [1.29, 1.82) is 0 Å². The number of halogens is 2. The quantitative estimate of drug-likeness (QED) is 0.848. The van der Waals surface area contributed by atoms with Gasteiger partial charge >= 0.3 is 0 Å². The molecule has 2 aromatic rings. The largest absolute Gasteiger partial charge is 0.508 e. The topological polar surface area (TPSA) is 32.3 Å².